The molecule has 4 nitrogen and oxygen atoms in total. The predicted molar refractivity (Wildman–Crippen MR) is 104 cm³/mol. The van der Waals surface area contributed by atoms with E-state index in [4.69, 9.17) is 0 Å². The van der Waals surface area contributed by atoms with Gasteiger partial charge in [0.2, 0.25) is 5.91 Å². The molecule has 1 N–H and O–H groups in total. The summed E-state index contributed by atoms with van der Waals surface area (Å²) in [6, 6.07) is 22.4. The molecular formula is C22H27N3O. The lowest BCUT2D eigenvalue weighted by Crippen LogP contribution is -2.51. The Kier molecular flexibility index (Phi) is 6.94. The third kappa shape index (κ3) is 5.72. The first kappa shape index (κ1) is 19.7. The lowest BCUT2D eigenvalue weighted by atomic mass is 9.90. The van der Waals surface area contributed by atoms with Crippen molar-refractivity contribution in [2.75, 3.05) is 6.54 Å². The molecule has 26 heavy (non-hydrogen) atoms. The van der Waals surface area contributed by atoms with Crippen LogP contribution in [-0.4, -0.2) is 22.9 Å². The van der Waals surface area contributed by atoms with Crippen molar-refractivity contribution in [2.45, 2.75) is 39.4 Å². The van der Waals surface area contributed by atoms with Gasteiger partial charge in [0, 0.05) is 13.1 Å². The van der Waals surface area contributed by atoms with Gasteiger partial charge in [0.05, 0.1) is 12.6 Å². The Morgan fingerprint density at radius 3 is 1.88 bits per heavy atom. The maximum Gasteiger partial charge on any atom is 0.235 e. The van der Waals surface area contributed by atoms with Crippen molar-refractivity contribution in [3.8, 4) is 6.07 Å². The highest BCUT2D eigenvalue weighted by molar-refractivity contribution is 5.79. The normalized spacial score (nSPS) is 13.2. The van der Waals surface area contributed by atoms with Crippen molar-refractivity contribution in [1.29, 1.82) is 5.26 Å². The molecule has 0 fully saturated rings. The zero-order valence-electron chi connectivity index (χ0n) is 15.8. The first-order valence-electron chi connectivity index (χ1n) is 8.95. The molecule has 0 aliphatic rings. The Balaban J connectivity index is 2.10. The zero-order chi connectivity index (χ0) is 19.0. The second kappa shape index (κ2) is 9.17. The Morgan fingerprint density at radius 2 is 1.50 bits per heavy atom. The van der Waals surface area contributed by atoms with Crippen LogP contribution in [0.2, 0.25) is 0 Å². The van der Waals surface area contributed by atoms with E-state index in [1.54, 1.807) is 6.92 Å². The fraction of sp³-hybridized carbons (Fsp3) is 0.364. The maximum absolute atomic E-state index is 12.6. The van der Waals surface area contributed by atoms with Crippen molar-refractivity contribution in [2.24, 2.45) is 5.92 Å². The molecule has 0 radical (unpaired) electrons. The van der Waals surface area contributed by atoms with E-state index in [0.29, 0.717) is 13.1 Å². The third-order valence-electron chi connectivity index (χ3n) is 4.65. The minimum atomic E-state index is -0.859. The first-order chi connectivity index (χ1) is 12.4. The molecule has 1 atom stereocenters. The maximum atomic E-state index is 12.6. The molecular weight excluding hydrogens is 322 g/mol. The average molecular weight is 349 g/mol. The van der Waals surface area contributed by atoms with Crippen LogP contribution in [0.4, 0.5) is 0 Å². The Morgan fingerprint density at radius 1 is 1.04 bits per heavy atom. The van der Waals surface area contributed by atoms with E-state index in [0.717, 1.165) is 11.1 Å². The van der Waals surface area contributed by atoms with Crippen molar-refractivity contribution in [3.63, 3.8) is 0 Å². The van der Waals surface area contributed by atoms with Gasteiger partial charge < -0.3 is 5.32 Å². The number of rotatable bonds is 8. The Hall–Kier alpha value is -2.64. The smallest absolute Gasteiger partial charge is 0.235 e. The topological polar surface area (TPSA) is 56.1 Å². The first-order valence-corrected chi connectivity index (χ1v) is 8.95. The number of carbonyl (C=O) groups excluding carboxylic acids is 1. The summed E-state index contributed by atoms with van der Waals surface area (Å²) in [6.07, 6.45) is 0. The summed E-state index contributed by atoms with van der Waals surface area (Å²) in [5.74, 6) is -0.0947. The molecule has 4 heteroatoms. The Labute approximate surface area is 156 Å². The molecule has 0 bridgehead atoms. The molecule has 1 amide bonds. The fourth-order valence-corrected chi connectivity index (χ4v) is 2.68. The molecule has 0 heterocycles. The van der Waals surface area contributed by atoms with Gasteiger partial charge in [-0.3, -0.25) is 9.69 Å². The minimum absolute atomic E-state index is 0.0353. The second-order valence-electron chi connectivity index (χ2n) is 7.13. The van der Waals surface area contributed by atoms with Crippen molar-refractivity contribution in [1.82, 2.24) is 10.2 Å². The highest BCUT2D eigenvalue weighted by Gasteiger charge is 2.30. The van der Waals surface area contributed by atoms with Crippen molar-refractivity contribution < 1.29 is 4.79 Å². The number of hydrogen-bond donors (Lipinski definition) is 1. The lowest BCUT2D eigenvalue weighted by molar-refractivity contribution is -0.124. The van der Waals surface area contributed by atoms with Crippen LogP contribution in [-0.2, 0) is 17.9 Å². The quantitative estimate of drug-likeness (QED) is 0.790. The number of carbonyl (C=O) groups is 1. The van der Waals surface area contributed by atoms with Crippen molar-refractivity contribution in [3.05, 3.63) is 71.8 Å². The summed E-state index contributed by atoms with van der Waals surface area (Å²) in [4.78, 5) is 14.7. The second-order valence-corrected chi connectivity index (χ2v) is 7.13. The third-order valence-corrected chi connectivity index (χ3v) is 4.65. The largest absolute Gasteiger partial charge is 0.337 e. The number of benzene rings is 2. The van der Waals surface area contributed by atoms with E-state index >= 15 is 0 Å². The Bertz CT molecular complexity index is 695. The van der Waals surface area contributed by atoms with Gasteiger partial charge >= 0.3 is 0 Å². The van der Waals surface area contributed by atoms with E-state index in [1.165, 1.54) is 0 Å². The minimum Gasteiger partial charge on any atom is -0.337 e. The van der Waals surface area contributed by atoms with Crippen molar-refractivity contribution >= 4 is 5.91 Å². The van der Waals surface area contributed by atoms with Crippen LogP contribution in [0.1, 0.15) is 31.9 Å². The molecule has 0 aliphatic carbocycles. The lowest BCUT2D eigenvalue weighted by Gasteiger charge is -2.29. The van der Waals surface area contributed by atoms with E-state index in [2.05, 4.69) is 40.6 Å². The van der Waals surface area contributed by atoms with E-state index in [-0.39, 0.29) is 18.4 Å². The summed E-state index contributed by atoms with van der Waals surface area (Å²) in [6.45, 7) is 7.24. The van der Waals surface area contributed by atoms with Gasteiger partial charge in [0.25, 0.3) is 0 Å². The van der Waals surface area contributed by atoms with Crippen LogP contribution < -0.4 is 5.32 Å². The fourth-order valence-electron chi connectivity index (χ4n) is 2.68. The van der Waals surface area contributed by atoms with Gasteiger partial charge in [0.15, 0.2) is 0 Å². The highest BCUT2D eigenvalue weighted by Crippen LogP contribution is 2.16. The SMILES string of the molecule is CC(C)[C@@](C)(C#N)NC(=O)CN(Cc1ccccc1)Cc1ccccc1. The van der Waals surface area contributed by atoms with Crippen LogP contribution in [0.5, 0.6) is 0 Å². The van der Waals surface area contributed by atoms with Gasteiger partial charge in [-0.25, -0.2) is 0 Å². The van der Waals surface area contributed by atoms with Gasteiger partial charge in [-0.15, -0.1) is 0 Å². The van der Waals surface area contributed by atoms with Crippen LogP contribution in [0, 0.1) is 17.2 Å². The van der Waals surface area contributed by atoms with Crippen LogP contribution in [0.3, 0.4) is 0 Å². The van der Waals surface area contributed by atoms with Gasteiger partial charge in [0.1, 0.15) is 5.54 Å². The summed E-state index contributed by atoms with van der Waals surface area (Å²) in [5, 5.41) is 12.3. The average Bonchev–Trinajstić information content (AvgIpc) is 2.63. The molecule has 0 saturated carbocycles. The molecule has 136 valence electrons. The summed E-state index contributed by atoms with van der Waals surface area (Å²) in [5.41, 5.74) is 1.45. The summed E-state index contributed by atoms with van der Waals surface area (Å²) < 4.78 is 0. The summed E-state index contributed by atoms with van der Waals surface area (Å²) in [7, 11) is 0. The molecule has 0 aromatic heterocycles. The van der Waals surface area contributed by atoms with E-state index in [1.807, 2.05) is 50.2 Å². The summed E-state index contributed by atoms with van der Waals surface area (Å²) >= 11 is 0. The number of hydrogen-bond acceptors (Lipinski definition) is 3. The number of nitriles is 1. The highest BCUT2D eigenvalue weighted by atomic mass is 16.2. The number of nitrogens with zero attached hydrogens (tertiary/aromatic N) is 2. The van der Waals surface area contributed by atoms with Crippen LogP contribution in [0.25, 0.3) is 0 Å². The number of amides is 1. The molecule has 2 rings (SSSR count). The molecule has 0 spiro atoms. The van der Waals surface area contributed by atoms with Gasteiger partial charge in [-0.2, -0.15) is 5.26 Å². The molecule has 0 aliphatic heterocycles. The standard InChI is InChI=1S/C22H27N3O/c1-18(2)22(3,17-23)24-21(26)16-25(14-19-10-6-4-7-11-19)15-20-12-8-5-9-13-20/h4-13,18H,14-16H2,1-3H3,(H,24,26)/t22-/m1/s1. The molecule has 0 saturated heterocycles. The zero-order valence-corrected chi connectivity index (χ0v) is 15.8. The van der Waals surface area contributed by atoms with Crippen LogP contribution >= 0.6 is 0 Å². The molecule has 2 aromatic carbocycles. The molecule has 2 aromatic rings. The van der Waals surface area contributed by atoms with E-state index < -0.39 is 5.54 Å². The van der Waals surface area contributed by atoms with Crippen LogP contribution in [0.15, 0.2) is 60.7 Å². The van der Waals surface area contributed by atoms with Gasteiger partial charge in [-0.1, -0.05) is 74.5 Å². The van der Waals surface area contributed by atoms with Gasteiger partial charge in [-0.05, 0) is 24.0 Å². The van der Waals surface area contributed by atoms with E-state index in [9.17, 15) is 10.1 Å². The monoisotopic (exact) mass is 349 g/mol. The molecule has 0 unspecified atom stereocenters. The predicted octanol–water partition coefficient (Wildman–Crippen LogP) is 3.74. The number of nitrogens with one attached hydrogen (secondary N) is 1.